The summed E-state index contributed by atoms with van der Waals surface area (Å²) in [6.45, 7) is 3.51. The highest BCUT2D eigenvalue weighted by Gasteiger charge is 2.38. The quantitative estimate of drug-likeness (QED) is 0.840. The molecule has 1 aromatic carbocycles. The van der Waals surface area contributed by atoms with Gasteiger partial charge < -0.3 is 10.6 Å². The van der Waals surface area contributed by atoms with Gasteiger partial charge in [-0.2, -0.15) is 13.2 Å². The summed E-state index contributed by atoms with van der Waals surface area (Å²) in [6, 6.07) is 5.96. The van der Waals surface area contributed by atoms with Crippen LogP contribution in [0, 0.1) is 0 Å². The normalized spacial score (nSPS) is 10.7. The number of anilines is 1. The molecule has 0 fully saturated rings. The first-order chi connectivity index (χ1) is 9.70. The van der Waals surface area contributed by atoms with Crippen molar-refractivity contribution in [2.24, 2.45) is 0 Å². The first-order valence-electron chi connectivity index (χ1n) is 6.09. The minimum atomic E-state index is -4.96. The predicted molar refractivity (Wildman–Crippen MR) is 72.4 cm³/mol. The summed E-state index contributed by atoms with van der Waals surface area (Å²) in [7, 11) is 0. The van der Waals surface area contributed by atoms with Crippen LogP contribution in [0.1, 0.15) is 19.4 Å². The molecule has 114 valence electrons. The van der Waals surface area contributed by atoms with Crippen LogP contribution in [0.2, 0.25) is 0 Å². The SMILES string of the molecule is CC(C)=CC(=O)NCc1ccccc1NC(=O)C(F)(F)F. The summed E-state index contributed by atoms with van der Waals surface area (Å²) in [5.41, 5.74) is 1.19. The highest BCUT2D eigenvalue weighted by molar-refractivity contribution is 5.95. The lowest BCUT2D eigenvalue weighted by Crippen LogP contribution is -2.30. The molecule has 0 atom stereocenters. The molecular formula is C14H15F3N2O2. The van der Waals surface area contributed by atoms with Crippen molar-refractivity contribution in [1.29, 1.82) is 0 Å². The fourth-order valence-corrected chi connectivity index (χ4v) is 1.49. The maximum Gasteiger partial charge on any atom is 0.471 e. The molecular weight excluding hydrogens is 285 g/mol. The Labute approximate surface area is 120 Å². The zero-order valence-electron chi connectivity index (χ0n) is 11.5. The molecule has 0 bridgehead atoms. The molecule has 0 saturated carbocycles. The third kappa shape index (κ3) is 5.68. The molecule has 4 nitrogen and oxygen atoms in total. The van der Waals surface area contributed by atoms with E-state index in [1.807, 2.05) is 0 Å². The highest BCUT2D eigenvalue weighted by Crippen LogP contribution is 2.20. The van der Waals surface area contributed by atoms with E-state index in [0.29, 0.717) is 5.56 Å². The third-order valence-corrected chi connectivity index (χ3v) is 2.40. The van der Waals surface area contributed by atoms with Crippen LogP contribution in [0.5, 0.6) is 0 Å². The average molecular weight is 300 g/mol. The molecule has 7 heteroatoms. The van der Waals surface area contributed by atoms with Crippen molar-refractivity contribution in [1.82, 2.24) is 5.32 Å². The largest absolute Gasteiger partial charge is 0.471 e. The lowest BCUT2D eigenvalue weighted by Gasteiger charge is -2.12. The van der Waals surface area contributed by atoms with Gasteiger partial charge in [-0.15, -0.1) is 0 Å². The van der Waals surface area contributed by atoms with Gasteiger partial charge in [0.15, 0.2) is 0 Å². The Hall–Kier alpha value is -2.31. The fourth-order valence-electron chi connectivity index (χ4n) is 1.49. The Bertz CT molecular complexity index is 562. The van der Waals surface area contributed by atoms with Crippen molar-refractivity contribution in [2.75, 3.05) is 5.32 Å². The maximum atomic E-state index is 12.2. The van der Waals surface area contributed by atoms with E-state index in [1.54, 1.807) is 25.2 Å². The summed E-state index contributed by atoms with van der Waals surface area (Å²) in [5, 5.41) is 4.32. The molecule has 0 radical (unpaired) electrons. The van der Waals surface area contributed by atoms with Gasteiger partial charge in [-0.05, 0) is 25.5 Å². The van der Waals surface area contributed by atoms with E-state index in [-0.39, 0.29) is 18.1 Å². The molecule has 0 spiro atoms. The summed E-state index contributed by atoms with van der Waals surface area (Å²) in [4.78, 5) is 22.4. The molecule has 21 heavy (non-hydrogen) atoms. The number of rotatable bonds is 4. The number of nitrogens with one attached hydrogen (secondary N) is 2. The molecule has 2 N–H and O–H groups in total. The zero-order chi connectivity index (χ0) is 16.0. The first kappa shape index (κ1) is 16.7. The number of benzene rings is 1. The van der Waals surface area contributed by atoms with Crippen molar-refractivity contribution < 1.29 is 22.8 Å². The Morgan fingerprint density at radius 1 is 1.19 bits per heavy atom. The van der Waals surface area contributed by atoms with Crippen LogP contribution in [0.15, 0.2) is 35.9 Å². The van der Waals surface area contributed by atoms with E-state index in [4.69, 9.17) is 0 Å². The van der Waals surface area contributed by atoms with Gasteiger partial charge in [-0.1, -0.05) is 23.8 Å². The number of hydrogen-bond acceptors (Lipinski definition) is 2. The van der Waals surface area contributed by atoms with Crippen LogP contribution in [-0.2, 0) is 16.1 Å². The summed E-state index contributed by atoms with van der Waals surface area (Å²) in [5.74, 6) is -2.41. The number of halogens is 3. The van der Waals surface area contributed by atoms with E-state index in [0.717, 1.165) is 5.57 Å². The Morgan fingerprint density at radius 2 is 1.81 bits per heavy atom. The van der Waals surface area contributed by atoms with E-state index in [1.165, 1.54) is 24.3 Å². The van der Waals surface area contributed by atoms with Gasteiger partial charge in [0.05, 0.1) is 0 Å². The number of carbonyl (C=O) groups excluding carboxylic acids is 2. The second kappa shape index (κ2) is 6.92. The van der Waals surface area contributed by atoms with Crippen LogP contribution >= 0.6 is 0 Å². The van der Waals surface area contributed by atoms with Crippen molar-refractivity contribution >= 4 is 17.5 Å². The molecule has 0 saturated heterocycles. The predicted octanol–water partition coefficient (Wildman–Crippen LogP) is 2.77. The molecule has 2 amide bonds. The van der Waals surface area contributed by atoms with Gasteiger partial charge in [-0.25, -0.2) is 0 Å². The molecule has 0 aliphatic rings. The second-order valence-corrected chi connectivity index (χ2v) is 4.55. The van der Waals surface area contributed by atoms with Crippen LogP contribution in [0.3, 0.4) is 0 Å². The molecule has 0 aliphatic heterocycles. The number of para-hydroxylation sites is 1. The topological polar surface area (TPSA) is 58.2 Å². The van der Waals surface area contributed by atoms with E-state index in [2.05, 4.69) is 5.32 Å². The van der Waals surface area contributed by atoms with E-state index < -0.39 is 12.1 Å². The number of allylic oxidation sites excluding steroid dienone is 1. The first-order valence-corrected chi connectivity index (χ1v) is 6.09. The Kier molecular flexibility index (Phi) is 5.52. The average Bonchev–Trinajstić information content (AvgIpc) is 2.35. The van der Waals surface area contributed by atoms with Gasteiger partial charge in [0.2, 0.25) is 5.91 Å². The molecule has 0 aliphatic carbocycles. The molecule has 0 unspecified atom stereocenters. The Morgan fingerprint density at radius 3 is 2.38 bits per heavy atom. The van der Waals surface area contributed by atoms with Crippen molar-refractivity contribution in [3.8, 4) is 0 Å². The van der Waals surface area contributed by atoms with Crippen LogP contribution in [0.4, 0.5) is 18.9 Å². The van der Waals surface area contributed by atoms with Crippen LogP contribution in [-0.4, -0.2) is 18.0 Å². The van der Waals surface area contributed by atoms with Crippen molar-refractivity contribution in [3.05, 3.63) is 41.5 Å². The standard InChI is InChI=1S/C14H15F3N2O2/c1-9(2)7-12(20)18-8-10-5-3-4-6-11(10)19-13(21)14(15,16)17/h3-7H,8H2,1-2H3,(H,18,20)(H,19,21). The Balaban J connectivity index is 2.78. The minimum Gasteiger partial charge on any atom is -0.348 e. The van der Waals surface area contributed by atoms with Gasteiger partial charge in [-0.3, -0.25) is 9.59 Å². The lowest BCUT2D eigenvalue weighted by atomic mass is 10.1. The number of hydrogen-bond donors (Lipinski definition) is 2. The number of carbonyl (C=O) groups is 2. The summed E-state index contributed by atoms with van der Waals surface area (Å²) < 4.78 is 36.7. The van der Waals surface area contributed by atoms with E-state index >= 15 is 0 Å². The second-order valence-electron chi connectivity index (χ2n) is 4.55. The number of amides is 2. The molecule has 1 rings (SSSR count). The van der Waals surface area contributed by atoms with Gasteiger partial charge in [0.25, 0.3) is 0 Å². The summed E-state index contributed by atoms with van der Waals surface area (Å²) >= 11 is 0. The molecule has 1 aromatic rings. The van der Waals surface area contributed by atoms with Gasteiger partial charge >= 0.3 is 12.1 Å². The summed E-state index contributed by atoms with van der Waals surface area (Å²) in [6.07, 6.45) is -3.59. The third-order valence-electron chi connectivity index (χ3n) is 2.40. The zero-order valence-corrected chi connectivity index (χ0v) is 11.5. The maximum absolute atomic E-state index is 12.2. The smallest absolute Gasteiger partial charge is 0.348 e. The monoisotopic (exact) mass is 300 g/mol. The fraction of sp³-hybridized carbons (Fsp3) is 0.286. The lowest BCUT2D eigenvalue weighted by molar-refractivity contribution is -0.167. The number of alkyl halides is 3. The molecule has 0 heterocycles. The van der Waals surface area contributed by atoms with Crippen molar-refractivity contribution in [2.45, 2.75) is 26.6 Å². The van der Waals surface area contributed by atoms with Crippen molar-refractivity contribution in [3.63, 3.8) is 0 Å². The van der Waals surface area contributed by atoms with Gasteiger partial charge in [0.1, 0.15) is 0 Å². The van der Waals surface area contributed by atoms with E-state index in [9.17, 15) is 22.8 Å². The van der Waals surface area contributed by atoms with Crippen LogP contribution < -0.4 is 10.6 Å². The minimum absolute atomic E-state index is 0.0108. The molecule has 0 aromatic heterocycles. The van der Waals surface area contributed by atoms with Gasteiger partial charge in [0, 0.05) is 18.3 Å². The van der Waals surface area contributed by atoms with Crippen LogP contribution in [0.25, 0.3) is 0 Å². The highest BCUT2D eigenvalue weighted by atomic mass is 19.4.